The Labute approximate surface area is 218 Å². The molecule has 1 N–H and O–H groups in total. The molecule has 180 valence electrons. The van der Waals surface area contributed by atoms with Crippen LogP contribution >= 0.6 is 23.2 Å². The molecule has 0 saturated carbocycles. The molecule has 1 amide bonds. The Bertz CT molecular complexity index is 1580. The molecule has 5 rings (SSSR count). The van der Waals surface area contributed by atoms with Gasteiger partial charge in [-0.25, -0.2) is 0 Å². The SMILES string of the molecule is CC(C)c1ccc(-n2nc3ccc(NC(=O)/C=C/c4ccc(-c5ccc(Cl)cc5Cl)o4)cc3n2)cc1. The zero-order chi connectivity index (χ0) is 25.2. The van der Waals surface area contributed by atoms with Crippen LogP contribution in [0.4, 0.5) is 5.69 Å². The minimum atomic E-state index is -0.298. The van der Waals surface area contributed by atoms with Crippen molar-refractivity contribution in [3.05, 3.63) is 100 Å². The summed E-state index contributed by atoms with van der Waals surface area (Å²) in [6, 6.07) is 22.3. The minimum absolute atomic E-state index is 0.298. The topological polar surface area (TPSA) is 73.0 Å². The lowest BCUT2D eigenvalue weighted by molar-refractivity contribution is -0.111. The van der Waals surface area contributed by atoms with E-state index < -0.39 is 0 Å². The lowest BCUT2D eigenvalue weighted by atomic mass is 10.0. The summed E-state index contributed by atoms with van der Waals surface area (Å²) in [5.41, 5.74) is 4.89. The predicted octanol–water partition coefficient (Wildman–Crippen LogP) is 7.76. The molecule has 0 spiro atoms. The highest BCUT2D eigenvalue weighted by molar-refractivity contribution is 6.36. The van der Waals surface area contributed by atoms with Crippen molar-refractivity contribution in [1.82, 2.24) is 15.0 Å². The maximum atomic E-state index is 12.5. The van der Waals surface area contributed by atoms with E-state index in [1.54, 1.807) is 53.3 Å². The number of carbonyl (C=O) groups excluding carboxylic acids is 1. The zero-order valence-electron chi connectivity index (χ0n) is 19.6. The monoisotopic (exact) mass is 516 g/mol. The molecular formula is C28H22Cl2N4O2. The smallest absolute Gasteiger partial charge is 0.248 e. The summed E-state index contributed by atoms with van der Waals surface area (Å²) in [5, 5.41) is 13.0. The predicted molar refractivity (Wildman–Crippen MR) is 145 cm³/mol. The van der Waals surface area contributed by atoms with Crippen molar-refractivity contribution >= 4 is 51.9 Å². The second kappa shape index (κ2) is 10.0. The molecule has 0 bridgehead atoms. The van der Waals surface area contributed by atoms with Crippen LogP contribution in [0.25, 0.3) is 34.1 Å². The van der Waals surface area contributed by atoms with Crippen LogP contribution in [0.2, 0.25) is 10.0 Å². The molecule has 3 aromatic carbocycles. The lowest BCUT2D eigenvalue weighted by Gasteiger charge is -2.05. The van der Waals surface area contributed by atoms with Gasteiger partial charge in [-0.15, -0.1) is 10.2 Å². The van der Waals surface area contributed by atoms with E-state index in [0.717, 1.165) is 16.8 Å². The number of rotatable bonds is 6. The summed E-state index contributed by atoms with van der Waals surface area (Å²) in [7, 11) is 0. The van der Waals surface area contributed by atoms with Crippen LogP contribution in [0.15, 0.2) is 83.3 Å². The van der Waals surface area contributed by atoms with E-state index in [9.17, 15) is 4.79 Å². The number of aromatic nitrogens is 3. The van der Waals surface area contributed by atoms with Gasteiger partial charge in [0.2, 0.25) is 5.91 Å². The molecule has 0 radical (unpaired) electrons. The normalized spacial score (nSPS) is 11.6. The number of fused-ring (bicyclic) bond motifs is 1. The highest BCUT2D eigenvalue weighted by Gasteiger charge is 2.10. The van der Waals surface area contributed by atoms with Gasteiger partial charge >= 0.3 is 0 Å². The molecule has 0 aliphatic carbocycles. The van der Waals surface area contributed by atoms with Gasteiger partial charge in [-0.2, -0.15) is 4.80 Å². The molecule has 0 unspecified atom stereocenters. The van der Waals surface area contributed by atoms with Crippen LogP contribution in [-0.4, -0.2) is 20.9 Å². The van der Waals surface area contributed by atoms with Gasteiger partial charge in [0.1, 0.15) is 22.6 Å². The number of carbonyl (C=O) groups is 1. The van der Waals surface area contributed by atoms with Crippen molar-refractivity contribution in [3.8, 4) is 17.0 Å². The lowest BCUT2D eigenvalue weighted by Crippen LogP contribution is -2.07. The Morgan fingerprint density at radius 2 is 1.72 bits per heavy atom. The number of furan rings is 1. The first-order valence-electron chi connectivity index (χ1n) is 11.4. The Morgan fingerprint density at radius 3 is 2.47 bits per heavy atom. The Hall–Kier alpha value is -3.87. The molecule has 6 nitrogen and oxygen atoms in total. The molecule has 8 heteroatoms. The number of nitrogens with one attached hydrogen (secondary N) is 1. The molecule has 0 saturated heterocycles. The fraction of sp³-hybridized carbons (Fsp3) is 0.107. The number of halogens is 2. The average molecular weight is 517 g/mol. The third kappa shape index (κ3) is 5.20. The van der Waals surface area contributed by atoms with Crippen molar-refractivity contribution in [2.75, 3.05) is 5.32 Å². The number of benzene rings is 3. The van der Waals surface area contributed by atoms with E-state index in [1.165, 1.54) is 11.6 Å². The quantitative estimate of drug-likeness (QED) is 0.234. The van der Waals surface area contributed by atoms with Crippen LogP contribution in [0.1, 0.15) is 31.1 Å². The number of hydrogen-bond acceptors (Lipinski definition) is 4. The van der Waals surface area contributed by atoms with Crippen molar-refractivity contribution < 1.29 is 9.21 Å². The highest BCUT2D eigenvalue weighted by atomic mass is 35.5. The van der Waals surface area contributed by atoms with Crippen LogP contribution in [0.5, 0.6) is 0 Å². The van der Waals surface area contributed by atoms with Crippen molar-refractivity contribution in [2.45, 2.75) is 19.8 Å². The van der Waals surface area contributed by atoms with Gasteiger partial charge in [0.15, 0.2) is 0 Å². The molecule has 0 fully saturated rings. The van der Waals surface area contributed by atoms with Gasteiger partial charge < -0.3 is 9.73 Å². The van der Waals surface area contributed by atoms with E-state index in [0.29, 0.717) is 38.7 Å². The fourth-order valence-electron chi connectivity index (χ4n) is 3.72. The van der Waals surface area contributed by atoms with Crippen molar-refractivity contribution in [3.63, 3.8) is 0 Å². The van der Waals surface area contributed by atoms with Gasteiger partial charge in [-0.1, -0.05) is 49.2 Å². The van der Waals surface area contributed by atoms with Crippen LogP contribution in [0.3, 0.4) is 0 Å². The third-order valence-electron chi connectivity index (χ3n) is 5.66. The van der Waals surface area contributed by atoms with Crippen molar-refractivity contribution in [1.29, 1.82) is 0 Å². The second-order valence-electron chi connectivity index (χ2n) is 8.59. The minimum Gasteiger partial charge on any atom is -0.457 e. The maximum absolute atomic E-state index is 12.5. The number of anilines is 1. The molecule has 2 aromatic heterocycles. The number of nitrogens with zero attached hydrogens (tertiary/aromatic N) is 3. The van der Waals surface area contributed by atoms with E-state index in [1.807, 2.05) is 18.2 Å². The third-order valence-corrected chi connectivity index (χ3v) is 6.21. The zero-order valence-corrected chi connectivity index (χ0v) is 21.1. The standard InChI is InChI=1S/C28H22Cl2N4O2/c1-17(2)18-3-7-21(8-4-18)34-32-25-12-6-20(16-26(25)33-34)31-28(35)14-10-22-9-13-27(36-22)23-11-5-19(29)15-24(23)30/h3-17H,1-2H3,(H,31,35)/b14-10+. The molecule has 0 aliphatic heterocycles. The summed E-state index contributed by atoms with van der Waals surface area (Å²) >= 11 is 12.2. The van der Waals surface area contributed by atoms with Crippen LogP contribution < -0.4 is 5.32 Å². The molecule has 5 aromatic rings. The van der Waals surface area contributed by atoms with Gasteiger partial charge in [0.25, 0.3) is 0 Å². The van der Waals surface area contributed by atoms with Crippen molar-refractivity contribution in [2.24, 2.45) is 0 Å². The average Bonchev–Trinajstić information content (AvgIpc) is 3.50. The van der Waals surface area contributed by atoms with Crippen LogP contribution in [-0.2, 0) is 4.79 Å². The fourth-order valence-corrected chi connectivity index (χ4v) is 4.22. The Morgan fingerprint density at radius 1 is 0.944 bits per heavy atom. The van der Waals surface area contributed by atoms with E-state index in [4.69, 9.17) is 27.6 Å². The first kappa shape index (κ1) is 23.9. The molecule has 0 aliphatic rings. The van der Waals surface area contributed by atoms with E-state index >= 15 is 0 Å². The maximum Gasteiger partial charge on any atom is 0.248 e. The summed E-state index contributed by atoms with van der Waals surface area (Å²) in [5.74, 6) is 1.27. The summed E-state index contributed by atoms with van der Waals surface area (Å²) in [6.07, 6.45) is 3.00. The molecular weight excluding hydrogens is 495 g/mol. The van der Waals surface area contributed by atoms with Gasteiger partial charge in [-0.3, -0.25) is 4.79 Å². The van der Waals surface area contributed by atoms with E-state index in [-0.39, 0.29) is 5.91 Å². The van der Waals surface area contributed by atoms with Crippen LogP contribution in [0, 0.1) is 0 Å². The first-order chi connectivity index (χ1) is 17.4. The largest absolute Gasteiger partial charge is 0.457 e. The summed E-state index contributed by atoms with van der Waals surface area (Å²) in [4.78, 5) is 14.1. The Balaban J connectivity index is 1.27. The van der Waals surface area contributed by atoms with Gasteiger partial charge in [-0.05, 0) is 78.2 Å². The van der Waals surface area contributed by atoms with E-state index in [2.05, 4.69) is 41.5 Å². The Kier molecular flexibility index (Phi) is 6.63. The summed E-state index contributed by atoms with van der Waals surface area (Å²) < 4.78 is 5.80. The first-order valence-corrected chi connectivity index (χ1v) is 12.1. The summed E-state index contributed by atoms with van der Waals surface area (Å²) in [6.45, 7) is 4.31. The highest BCUT2D eigenvalue weighted by Crippen LogP contribution is 2.31. The molecule has 0 atom stereocenters. The number of amides is 1. The molecule has 2 heterocycles. The number of hydrogen-bond donors (Lipinski definition) is 1. The van der Waals surface area contributed by atoms with Gasteiger partial charge in [0, 0.05) is 22.3 Å². The second-order valence-corrected chi connectivity index (χ2v) is 9.43. The molecule has 36 heavy (non-hydrogen) atoms. The van der Waals surface area contributed by atoms with Gasteiger partial charge in [0.05, 0.1) is 10.7 Å².